The minimum Gasteiger partial charge on any atom is -0.489 e. The molecule has 10 rings (SSSR count). The number of halogens is 1. The van der Waals surface area contributed by atoms with Crippen LogP contribution in [0.3, 0.4) is 0 Å². The van der Waals surface area contributed by atoms with Gasteiger partial charge in [-0.05, 0) is 117 Å². The number of piperidine rings is 1. The number of aromatic nitrogens is 2. The molecule has 2 aromatic heterocycles. The number of likely N-dealkylation sites (tertiary alicyclic amines) is 1. The molecule has 5 heterocycles. The Morgan fingerprint density at radius 3 is 2.52 bits per heavy atom. The van der Waals surface area contributed by atoms with Gasteiger partial charge >= 0.3 is 0 Å². The summed E-state index contributed by atoms with van der Waals surface area (Å²) in [6.07, 6.45) is 9.85. The number of nitro benzene ring substituents is 1. The monoisotopic (exact) mass is 963 g/mol. The summed E-state index contributed by atoms with van der Waals surface area (Å²) in [4.78, 5) is 37.9. The van der Waals surface area contributed by atoms with E-state index in [0.29, 0.717) is 61.3 Å². The normalized spacial score (nSPS) is 24.7. The van der Waals surface area contributed by atoms with Crippen LogP contribution in [0.15, 0.2) is 71.8 Å². The lowest BCUT2D eigenvalue weighted by Gasteiger charge is -2.57. The molecule has 69 heavy (non-hydrogen) atoms. The molecule has 5 aliphatic rings. The Bertz CT molecular complexity index is 2900. The van der Waals surface area contributed by atoms with Gasteiger partial charge in [-0.25, -0.2) is 22.5 Å². The van der Waals surface area contributed by atoms with Gasteiger partial charge in [-0.3, -0.25) is 19.8 Å². The molecule has 3 aromatic carbocycles. The Balaban J connectivity index is 0.883. The van der Waals surface area contributed by atoms with E-state index in [1.165, 1.54) is 54.8 Å². The number of pyridine rings is 1. The maximum atomic E-state index is 14.9. The fraction of sp³-hybridized carbons (Fsp3) is 0.500. The van der Waals surface area contributed by atoms with Crippen LogP contribution in [0.2, 0.25) is 0 Å². The largest absolute Gasteiger partial charge is 0.489 e. The smallest absolute Gasteiger partial charge is 0.297 e. The summed E-state index contributed by atoms with van der Waals surface area (Å²) in [6, 6.07) is 17.8. The number of aromatic amines is 1. The fourth-order valence-corrected chi connectivity index (χ4v) is 12.9. The highest BCUT2D eigenvalue weighted by Gasteiger charge is 2.49. The van der Waals surface area contributed by atoms with Crippen molar-refractivity contribution < 1.29 is 37.1 Å². The number of carbonyl (C=O) groups excluding carboxylic acids is 1. The predicted molar refractivity (Wildman–Crippen MR) is 262 cm³/mol. The highest BCUT2D eigenvalue weighted by Crippen LogP contribution is 2.49. The predicted octanol–water partition coefficient (Wildman–Crippen LogP) is 9.56. The highest BCUT2D eigenvalue weighted by molar-refractivity contribution is 7.90. The van der Waals surface area contributed by atoms with E-state index < -0.39 is 42.9 Å². The van der Waals surface area contributed by atoms with E-state index in [4.69, 9.17) is 9.47 Å². The highest BCUT2D eigenvalue weighted by atomic mass is 32.2. The summed E-state index contributed by atoms with van der Waals surface area (Å²) in [7, 11) is -4.73. The minimum atomic E-state index is -4.73. The SMILES string of the molecule is CCc1nc2[nH]cc(F)c2cc1Oc1cc(N2CCC3(CC2)CN(C2CCC[C@@H]2c2ccccc2C(C)C)C3)ccc1C(=O)NS(=O)(=O)c1cc2c(c([N+](=O)[O-])c1)N[C@@H]([C@H]1CC[C@](C)(O)CC1)CO2. The number of ether oxygens (including phenoxy) is 2. The van der Waals surface area contributed by atoms with Crippen LogP contribution in [-0.2, 0) is 16.4 Å². The van der Waals surface area contributed by atoms with Gasteiger partial charge in [0.15, 0.2) is 11.4 Å². The summed E-state index contributed by atoms with van der Waals surface area (Å²) < 4.78 is 57.6. The van der Waals surface area contributed by atoms with E-state index in [1.807, 2.05) is 6.92 Å². The van der Waals surface area contributed by atoms with Crippen molar-refractivity contribution in [3.8, 4) is 17.2 Å². The average Bonchev–Trinajstić information content (AvgIpc) is 3.96. The van der Waals surface area contributed by atoms with E-state index in [9.17, 15) is 32.8 Å². The van der Waals surface area contributed by atoms with Crippen LogP contribution in [0.5, 0.6) is 17.2 Å². The standard InChI is InChI=1S/C52H62FN7O8S/c1-5-41-46(26-39-40(53)27-54-49(39)56-41)68-45-23-33(58-21-19-52(20-22-58)29-59(30-52)43-12-8-11-37(43)36-10-7-6-9-35(36)31(2)3)13-14-38(45)50(61)57-69(65,66)34-24-44(60(63)64)48-47(25-34)67-28-42(55-48)32-15-17-51(4,62)18-16-32/h6-7,9-10,13-14,23-27,31-32,37,42-43,55,62H,5,8,11-12,15-22,28-30H2,1-4H3,(H,54,56)(H,57,61)/t32-,37-,42-,43?,51-/m1/s1. The minimum absolute atomic E-state index is 0.0236. The van der Waals surface area contributed by atoms with Gasteiger partial charge in [0.25, 0.3) is 21.6 Å². The zero-order valence-electron chi connectivity index (χ0n) is 39.7. The molecule has 1 unspecified atom stereocenters. The lowest BCUT2D eigenvalue weighted by Crippen LogP contribution is -2.63. The molecule has 2 saturated heterocycles. The third-order valence-corrected chi connectivity index (χ3v) is 17.2. The van der Waals surface area contributed by atoms with Crippen LogP contribution in [0.25, 0.3) is 11.0 Å². The number of nitrogens with zero attached hydrogens (tertiary/aromatic N) is 4. The number of rotatable bonds is 12. The number of hydrogen-bond acceptors (Lipinski definition) is 12. The van der Waals surface area contributed by atoms with E-state index in [-0.39, 0.29) is 57.9 Å². The third kappa shape index (κ3) is 9.13. The zero-order valence-corrected chi connectivity index (χ0v) is 40.5. The maximum absolute atomic E-state index is 14.9. The number of nitrogens with one attached hydrogen (secondary N) is 3. The number of amides is 1. The summed E-state index contributed by atoms with van der Waals surface area (Å²) in [6.45, 7) is 12.1. The van der Waals surface area contributed by atoms with Gasteiger partial charge in [-0.2, -0.15) is 0 Å². The Morgan fingerprint density at radius 1 is 1.04 bits per heavy atom. The molecule has 4 fully saturated rings. The Morgan fingerprint density at radius 2 is 1.80 bits per heavy atom. The molecule has 15 nitrogen and oxygen atoms in total. The van der Waals surface area contributed by atoms with Crippen molar-refractivity contribution in [3.05, 3.63) is 105 Å². The van der Waals surface area contributed by atoms with Gasteiger partial charge in [-0.15, -0.1) is 0 Å². The van der Waals surface area contributed by atoms with Gasteiger partial charge in [-0.1, -0.05) is 51.5 Å². The van der Waals surface area contributed by atoms with Gasteiger partial charge in [0.05, 0.1) is 38.1 Å². The second kappa shape index (κ2) is 18.2. The second-order valence-electron chi connectivity index (χ2n) is 20.8. The third-order valence-electron chi connectivity index (χ3n) is 15.9. The van der Waals surface area contributed by atoms with Crippen LogP contribution < -0.4 is 24.4 Å². The topological polar surface area (TPSA) is 192 Å². The molecule has 2 saturated carbocycles. The average molecular weight is 964 g/mol. The molecule has 2 aliphatic carbocycles. The van der Waals surface area contributed by atoms with Crippen molar-refractivity contribution >= 4 is 44.0 Å². The first-order chi connectivity index (χ1) is 33.0. The van der Waals surface area contributed by atoms with Crippen molar-refractivity contribution in [3.63, 3.8) is 0 Å². The van der Waals surface area contributed by atoms with E-state index in [1.54, 1.807) is 19.1 Å². The molecule has 3 aliphatic heterocycles. The van der Waals surface area contributed by atoms with Crippen molar-refractivity contribution in [2.24, 2.45) is 11.3 Å². The van der Waals surface area contributed by atoms with Crippen LogP contribution in [0.4, 0.5) is 21.5 Å². The molecular formula is C52H62FN7O8S. The van der Waals surface area contributed by atoms with Gasteiger partial charge < -0.3 is 29.8 Å². The number of aliphatic hydroxyl groups is 1. The van der Waals surface area contributed by atoms with Crippen molar-refractivity contribution in [1.82, 2.24) is 19.6 Å². The summed E-state index contributed by atoms with van der Waals surface area (Å²) >= 11 is 0. The van der Waals surface area contributed by atoms with E-state index in [2.05, 4.69) is 67.9 Å². The number of fused-ring (bicyclic) bond motifs is 2. The molecule has 0 radical (unpaired) electrons. The van der Waals surface area contributed by atoms with Crippen LogP contribution in [0, 0.1) is 27.3 Å². The zero-order chi connectivity index (χ0) is 48.4. The van der Waals surface area contributed by atoms with E-state index >= 15 is 0 Å². The van der Waals surface area contributed by atoms with Gasteiger partial charge in [0.2, 0.25) is 0 Å². The van der Waals surface area contributed by atoms with Crippen LogP contribution >= 0.6 is 0 Å². The lowest BCUT2D eigenvalue weighted by atomic mass is 9.70. The number of aryl methyl sites for hydroxylation is 1. The molecule has 4 N–H and O–H groups in total. The van der Waals surface area contributed by atoms with Crippen molar-refractivity contribution in [1.29, 1.82) is 0 Å². The first-order valence-electron chi connectivity index (χ1n) is 24.6. The second-order valence-corrected chi connectivity index (χ2v) is 22.5. The summed E-state index contributed by atoms with van der Waals surface area (Å²) in [5, 5.41) is 26.3. The number of anilines is 2. The molecule has 5 aromatic rings. The number of nitro groups is 1. The van der Waals surface area contributed by atoms with Crippen molar-refractivity contribution in [2.75, 3.05) is 43.0 Å². The fourth-order valence-electron chi connectivity index (χ4n) is 11.9. The Kier molecular flexibility index (Phi) is 12.4. The van der Waals surface area contributed by atoms with Gasteiger partial charge in [0, 0.05) is 62.3 Å². The molecule has 0 bridgehead atoms. The molecule has 3 atom stereocenters. The number of H-pyrrole nitrogens is 1. The van der Waals surface area contributed by atoms with Crippen LogP contribution in [-0.4, -0.2) is 89.7 Å². The number of carbonyl (C=O) groups is 1. The van der Waals surface area contributed by atoms with Crippen LogP contribution in [0.1, 0.15) is 124 Å². The molecular weight excluding hydrogens is 902 g/mol. The summed E-state index contributed by atoms with van der Waals surface area (Å²) in [5.41, 5.74) is 3.47. The lowest BCUT2D eigenvalue weighted by molar-refractivity contribution is -0.384. The number of benzene rings is 3. The quantitative estimate of drug-likeness (QED) is 0.0685. The Labute approximate surface area is 402 Å². The summed E-state index contributed by atoms with van der Waals surface area (Å²) in [5.74, 6) is -0.220. The first kappa shape index (κ1) is 46.9. The van der Waals surface area contributed by atoms with Gasteiger partial charge in [0.1, 0.15) is 29.6 Å². The molecule has 366 valence electrons. The Hall–Kier alpha value is -5.78. The molecule has 17 heteroatoms. The van der Waals surface area contributed by atoms with E-state index in [0.717, 1.165) is 50.8 Å². The molecule has 1 spiro atoms. The molecule has 1 amide bonds. The number of sulfonamides is 1. The first-order valence-corrected chi connectivity index (χ1v) is 26.1. The number of hydrogen-bond donors (Lipinski definition) is 4. The maximum Gasteiger partial charge on any atom is 0.297 e. The van der Waals surface area contributed by atoms with Crippen molar-refractivity contribution in [2.45, 2.75) is 126 Å².